The van der Waals surface area contributed by atoms with E-state index < -0.39 is 5.82 Å². The normalized spacial score (nSPS) is 11.6. The van der Waals surface area contributed by atoms with Gasteiger partial charge in [0.1, 0.15) is 11.6 Å². The zero-order chi connectivity index (χ0) is 21.7. The van der Waals surface area contributed by atoms with Crippen molar-refractivity contribution in [3.8, 4) is 28.0 Å². The standard InChI is InChI=1S/C24H22FN3O2/c1-3-27-23(14-26)18-7-4-6-16(12-18)19-8-5-9-20(24(19)30)17-10-11-22(21(25)13-17)28-15(2)29/h3-14,30H,26H2,1-2H3,(H,28,29)/b23-14-,27-3-. The van der Waals surface area contributed by atoms with E-state index in [9.17, 15) is 14.3 Å². The van der Waals surface area contributed by atoms with Gasteiger partial charge in [0.25, 0.3) is 0 Å². The van der Waals surface area contributed by atoms with E-state index in [-0.39, 0.29) is 17.3 Å². The summed E-state index contributed by atoms with van der Waals surface area (Å²) in [5.41, 5.74) is 9.54. The Hall–Kier alpha value is -3.93. The van der Waals surface area contributed by atoms with Gasteiger partial charge in [-0.05, 0) is 36.2 Å². The first-order valence-corrected chi connectivity index (χ1v) is 9.35. The molecule has 4 N–H and O–H groups in total. The fourth-order valence-corrected chi connectivity index (χ4v) is 3.18. The number of nitrogens with zero attached hydrogens (tertiary/aromatic N) is 1. The third-order valence-electron chi connectivity index (χ3n) is 4.52. The van der Waals surface area contributed by atoms with E-state index in [2.05, 4.69) is 10.3 Å². The summed E-state index contributed by atoms with van der Waals surface area (Å²) in [5.74, 6) is -0.909. The molecular weight excluding hydrogens is 381 g/mol. The van der Waals surface area contributed by atoms with Gasteiger partial charge in [-0.15, -0.1) is 0 Å². The van der Waals surface area contributed by atoms with Gasteiger partial charge < -0.3 is 16.2 Å². The van der Waals surface area contributed by atoms with Gasteiger partial charge in [-0.3, -0.25) is 9.79 Å². The smallest absolute Gasteiger partial charge is 0.221 e. The number of nitrogens with two attached hydrogens (primary N) is 1. The molecule has 3 aromatic rings. The largest absolute Gasteiger partial charge is 0.507 e. The molecule has 0 aliphatic heterocycles. The highest BCUT2D eigenvalue weighted by Gasteiger charge is 2.14. The van der Waals surface area contributed by atoms with E-state index in [1.165, 1.54) is 25.3 Å². The molecule has 3 rings (SSSR count). The van der Waals surface area contributed by atoms with Crippen LogP contribution in [0.15, 0.2) is 71.9 Å². The molecular formula is C24H22FN3O2. The van der Waals surface area contributed by atoms with Gasteiger partial charge in [-0.2, -0.15) is 0 Å². The average Bonchev–Trinajstić information content (AvgIpc) is 2.73. The second-order valence-electron chi connectivity index (χ2n) is 6.60. The first-order valence-electron chi connectivity index (χ1n) is 9.35. The van der Waals surface area contributed by atoms with Crippen LogP contribution in [0.5, 0.6) is 5.75 Å². The number of phenols is 1. The van der Waals surface area contributed by atoms with Crippen molar-refractivity contribution in [3.05, 3.63) is 78.2 Å². The molecule has 0 aliphatic rings. The van der Waals surface area contributed by atoms with Crippen LogP contribution >= 0.6 is 0 Å². The Morgan fingerprint density at radius 3 is 2.33 bits per heavy atom. The number of hydrogen-bond acceptors (Lipinski definition) is 4. The Balaban J connectivity index is 2.04. The maximum Gasteiger partial charge on any atom is 0.221 e. The molecule has 0 bridgehead atoms. The first-order chi connectivity index (χ1) is 14.4. The van der Waals surface area contributed by atoms with Gasteiger partial charge in [-0.25, -0.2) is 4.39 Å². The summed E-state index contributed by atoms with van der Waals surface area (Å²) in [6.45, 7) is 3.12. The number of halogens is 1. The van der Waals surface area contributed by atoms with Crippen LogP contribution in [0.3, 0.4) is 0 Å². The number of benzene rings is 3. The number of hydrogen-bond donors (Lipinski definition) is 3. The highest BCUT2D eigenvalue weighted by molar-refractivity contribution is 5.90. The predicted molar refractivity (Wildman–Crippen MR) is 120 cm³/mol. The Morgan fingerprint density at radius 1 is 1.07 bits per heavy atom. The quantitative estimate of drug-likeness (QED) is 0.514. The summed E-state index contributed by atoms with van der Waals surface area (Å²) in [7, 11) is 0. The van der Waals surface area contributed by atoms with Crippen molar-refractivity contribution >= 4 is 23.5 Å². The molecule has 3 aromatic carbocycles. The number of carbonyl (C=O) groups is 1. The maximum absolute atomic E-state index is 14.4. The minimum absolute atomic E-state index is 0.0265. The molecule has 0 saturated carbocycles. The molecule has 0 radical (unpaired) electrons. The minimum atomic E-state index is -0.579. The van der Waals surface area contributed by atoms with Gasteiger partial charge in [-0.1, -0.05) is 42.5 Å². The van der Waals surface area contributed by atoms with E-state index in [1.54, 1.807) is 37.4 Å². The van der Waals surface area contributed by atoms with Crippen molar-refractivity contribution in [2.24, 2.45) is 10.7 Å². The van der Waals surface area contributed by atoms with Crippen LogP contribution in [-0.4, -0.2) is 17.2 Å². The highest BCUT2D eigenvalue weighted by Crippen LogP contribution is 2.39. The van der Waals surface area contributed by atoms with Crippen LogP contribution < -0.4 is 11.1 Å². The zero-order valence-electron chi connectivity index (χ0n) is 16.7. The number of aromatic hydroxyl groups is 1. The fraction of sp³-hybridized carbons (Fsp3) is 0.0833. The van der Waals surface area contributed by atoms with Crippen LogP contribution in [0.25, 0.3) is 28.0 Å². The molecule has 0 fully saturated rings. The molecule has 0 atom stereocenters. The SMILES string of the molecule is C/C=N\C(=C/N)c1cccc(-c2cccc(-c3ccc(NC(C)=O)c(F)c3)c2O)c1. The summed E-state index contributed by atoms with van der Waals surface area (Å²) in [4.78, 5) is 15.4. The second-order valence-corrected chi connectivity index (χ2v) is 6.60. The lowest BCUT2D eigenvalue weighted by Gasteiger charge is -2.13. The second kappa shape index (κ2) is 9.05. The van der Waals surface area contributed by atoms with Gasteiger partial charge in [0.15, 0.2) is 0 Å². The molecule has 0 aliphatic carbocycles. The monoisotopic (exact) mass is 403 g/mol. The van der Waals surface area contributed by atoms with E-state index in [0.717, 1.165) is 11.1 Å². The van der Waals surface area contributed by atoms with Crippen LogP contribution in [0, 0.1) is 5.82 Å². The lowest BCUT2D eigenvalue weighted by molar-refractivity contribution is -0.114. The molecule has 1 amide bonds. The first kappa shape index (κ1) is 20.8. The fourth-order valence-electron chi connectivity index (χ4n) is 3.18. The lowest BCUT2D eigenvalue weighted by Crippen LogP contribution is -2.07. The molecule has 30 heavy (non-hydrogen) atoms. The minimum Gasteiger partial charge on any atom is -0.507 e. The Morgan fingerprint density at radius 2 is 1.73 bits per heavy atom. The van der Waals surface area contributed by atoms with Crippen molar-refractivity contribution in [2.75, 3.05) is 5.32 Å². The third-order valence-corrected chi connectivity index (χ3v) is 4.52. The lowest BCUT2D eigenvalue weighted by atomic mass is 9.96. The van der Waals surface area contributed by atoms with Crippen molar-refractivity contribution in [2.45, 2.75) is 13.8 Å². The molecule has 0 saturated heterocycles. The molecule has 152 valence electrons. The average molecular weight is 403 g/mol. The van der Waals surface area contributed by atoms with Crippen molar-refractivity contribution in [3.63, 3.8) is 0 Å². The van der Waals surface area contributed by atoms with Gasteiger partial charge >= 0.3 is 0 Å². The van der Waals surface area contributed by atoms with Gasteiger partial charge in [0.2, 0.25) is 5.91 Å². The molecule has 0 aromatic heterocycles. The van der Waals surface area contributed by atoms with Crippen LogP contribution in [0.1, 0.15) is 19.4 Å². The van der Waals surface area contributed by atoms with Crippen molar-refractivity contribution in [1.29, 1.82) is 0 Å². The van der Waals surface area contributed by atoms with E-state index in [4.69, 9.17) is 5.73 Å². The van der Waals surface area contributed by atoms with E-state index in [1.807, 2.05) is 24.3 Å². The maximum atomic E-state index is 14.4. The van der Waals surface area contributed by atoms with Gasteiger partial charge in [0, 0.05) is 36.0 Å². The molecule has 0 spiro atoms. The van der Waals surface area contributed by atoms with Crippen LogP contribution in [-0.2, 0) is 4.79 Å². The summed E-state index contributed by atoms with van der Waals surface area (Å²) < 4.78 is 14.4. The zero-order valence-corrected chi connectivity index (χ0v) is 16.7. The van der Waals surface area contributed by atoms with Crippen LogP contribution in [0.2, 0.25) is 0 Å². The number of anilines is 1. The summed E-state index contributed by atoms with van der Waals surface area (Å²) in [6.07, 6.45) is 3.08. The third kappa shape index (κ3) is 4.38. The Kier molecular flexibility index (Phi) is 6.27. The Bertz CT molecular complexity index is 1150. The number of nitrogens with one attached hydrogen (secondary N) is 1. The predicted octanol–water partition coefficient (Wildman–Crippen LogP) is 5.17. The number of rotatable bonds is 5. The van der Waals surface area contributed by atoms with E-state index in [0.29, 0.717) is 22.4 Å². The topological polar surface area (TPSA) is 87.7 Å². The molecule has 0 unspecified atom stereocenters. The van der Waals surface area contributed by atoms with Gasteiger partial charge in [0.05, 0.1) is 11.4 Å². The van der Waals surface area contributed by atoms with E-state index >= 15 is 0 Å². The number of aliphatic imine (C=N–C) groups is 1. The number of para-hydroxylation sites is 1. The number of amides is 1. The summed E-state index contributed by atoms with van der Waals surface area (Å²) in [5, 5.41) is 13.4. The molecule has 6 heteroatoms. The van der Waals surface area contributed by atoms with Crippen molar-refractivity contribution in [1.82, 2.24) is 0 Å². The Labute approximate surface area is 174 Å². The summed E-state index contributed by atoms with van der Waals surface area (Å²) in [6, 6.07) is 17.2. The molecule has 0 heterocycles. The van der Waals surface area contributed by atoms with Crippen LogP contribution in [0.4, 0.5) is 10.1 Å². The summed E-state index contributed by atoms with van der Waals surface area (Å²) >= 11 is 0. The number of phenolic OH excluding ortho intramolecular Hbond substituents is 1. The van der Waals surface area contributed by atoms with Crippen molar-refractivity contribution < 1.29 is 14.3 Å². The molecule has 5 nitrogen and oxygen atoms in total. The highest BCUT2D eigenvalue weighted by atomic mass is 19.1. The number of carbonyl (C=O) groups excluding carboxylic acids is 1.